The lowest BCUT2D eigenvalue weighted by Gasteiger charge is -2.33. The Hall–Kier alpha value is -2.02. The van der Waals surface area contributed by atoms with Crippen LogP contribution in [0.4, 0.5) is 5.69 Å². The van der Waals surface area contributed by atoms with Crippen LogP contribution >= 0.6 is 11.8 Å². The maximum Gasteiger partial charge on any atom is 0.227 e. The van der Waals surface area contributed by atoms with Gasteiger partial charge in [-0.3, -0.25) is 14.4 Å². The highest BCUT2D eigenvalue weighted by molar-refractivity contribution is 7.99. The van der Waals surface area contributed by atoms with Gasteiger partial charge >= 0.3 is 0 Å². The lowest BCUT2D eigenvalue weighted by Crippen LogP contribution is -2.44. The summed E-state index contributed by atoms with van der Waals surface area (Å²) < 4.78 is 0. The first-order chi connectivity index (χ1) is 14.1. The van der Waals surface area contributed by atoms with Gasteiger partial charge in [0.2, 0.25) is 17.7 Å². The van der Waals surface area contributed by atoms with Crippen molar-refractivity contribution in [2.24, 2.45) is 5.92 Å². The number of thioether (sulfide) groups is 1. The summed E-state index contributed by atoms with van der Waals surface area (Å²) >= 11 is 1.77. The maximum atomic E-state index is 12.7. The third-order valence-electron chi connectivity index (χ3n) is 6.20. The second kappa shape index (κ2) is 9.20. The zero-order valence-corrected chi connectivity index (χ0v) is 17.7. The molecular weight excluding hydrogens is 386 g/mol. The first-order valence-electron chi connectivity index (χ1n) is 10.7. The highest BCUT2D eigenvalue weighted by Crippen LogP contribution is 2.34. The number of fused-ring (bicyclic) bond motifs is 1. The number of carbonyl (C=O) groups excluding carboxylic acids is 3. The number of benzene rings is 1. The molecule has 0 N–H and O–H groups in total. The highest BCUT2D eigenvalue weighted by Gasteiger charge is 2.31. The first kappa shape index (κ1) is 20.3. The lowest BCUT2D eigenvalue weighted by molar-refractivity contribution is -0.140. The van der Waals surface area contributed by atoms with Crippen LogP contribution in [0.25, 0.3) is 0 Å². The molecule has 0 aromatic heterocycles. The highest BCUT2D eigenvalue weighted by atomic mass is 32.2. The van der Waals surface area contributed by atoms with Crippen molar-refractivity contribution in [2.45, 2.75) is 43.4 Å². The summed E-state index contributed by atoms with van der Waals surface area (Å²) in [4.78, 5) is 44.7. The third kappa shape index (κ3) is 4.60. The minimum absolute atomic E-state index is 0.0187. The van der Waals surface area contributed by atoms with Crippen molar-refractivity contribution in [1.82, 2.24) is 9.80 Å². The van der Waals surface area contributed by atoms with Gasteiger partial charge in [-0.1, -0.05) is 12.1 Å². The molecule has 0 saturated carbocycles. The smallest absolute Gasteiger partial charge is 0.227 e. The molecule has 2 saturated heterocycles. The Morgan fingerprint density at radius 3 is 2.31 bits per heavy atom. The first-order valence-corrected chi connectivity index (χ1v) is 11.7. The predicted molar refractivity (Wildman–Crippen MR) is 114 cm³/mol. The molecule has 7 heteroatoms. The van der Waals surface area contributed by atoms with Crippen LogP contribution in [0.2, 0.25) is 0 Å². The number of nitrogens with zero attached hydrogens (tertiary/aromatic N) is 3. The summed E-state index contributed by atoms with van der Waals surface area (Å²) in [7, 11) is 0. The van der Waals surface area contributed by atoms with Crippen molar-refractivity contribution in [2.75, 3.05) is 43.4 Å². The van der Waals surface area contributed by atoms with Crippen molar-refractivity contribution >= 4 is 35.2 Å². The summed E-state index contributed by atoms with van der Waals surface area (Å²) in [6, 6.07) is 7.95. The van der Waals surface area contributed by atoms with Crippen molar-refractivity contribution in [3.8, 4) is 0 Å². The number of hydrogen-bond acceptors (Lipinski definition) is 4. The Morgan fingerprint density at radius 2 is 1.55 bits per heavy atom. The standard InChI is InChI=1S/C22H29N3O3S/c26-20(23-13-9-17(10-14-23)22(28)24-11-3-4-12-24)7-8-21(27)25-15-16-29-19-6-2-1-5-18(19)25/h1-2,5-6,17H,3-4,7-16H2. The third-order valence-corrected chi connectivity index (χ3v) is 7.24. The molecule has 0 bridgehead atoms. The van der Waals surface area contributed by atoms with Crippen molar-refractivity contribution in [3.63, 3.8) is 0 Å². The van der Waals surface area contributed by atoms with Gasteiger partial charge in [0.15, 0.2) is 0 Å². The number of hydrogen-bond donors (Lipinski definition) is 0. The molecule has 1 aromatic rings. The molecule has 3 aliphatic rings. The summed E-state index contributed by atoms with van der Waals surface area (Å²) in [6.45, 7) is 3.72. The van der Waals surface area contributed by atoms with Gasteiger partial charge in [-0.15, -0.1) is 11.8 Å². The van der Waals surface area contributed by atoms with Crippen molar-refractivity contribution < 1.29 is 14.4 Å². The normalized spacial score (nSPS) is 19.9. The molecular formula is C22H29N3O3S. The van der Waals surface area contributed by atoms with Crippen LogP contribution in [0.15, 0.2) is 29.2 Å². The van der Waals surface area contributed by atoms with E-state index in [0.29, 0.717) is 19.6 Å². The zero-order valence-electron chi connectivity index (χ0n) is 16.8. The number of anilines is 1. The van der Waals surface area contributed by atoms with Gasteiger partial charge in [-0.05, 0) is 37.8 Å². The van der Waals surface area contributed by atoms with Crippen LogP contribution < -0.4 is 4.90 Å². The Kier molecular flexibility index (Phi) is 6.43. The predicted octanol–water partition coefficient (Wildman–Crippen LogP) is 2.77. The van der Waals surface area contributed by atoms with Crippen LogP contribution in [0, 0.1) is 5.92 Å². The van der Waals surface area contributed by atoms with Gasteiger partial charge in [0.05, 0.1) is 5.69 Å². The van der Waals surface area contributed by atoms with E-state index < -0.39 is 0 Å². The molecule has 0 radical (unpaired) electrons. The summed E-state index contributed by atoms with van der Waals surface area (Å²) in [6.07, 6.45) is 4.19. The van der Waals surface area contributed by atoms with Crippen molar-refractivity contribution in [1.29, 1.82) is 0 Å². The average Bonchev–Trinajstić information content (AvgIpc) is 3.31. The van der Waals surface area contributed by atoms with Crippen LogP contribution in [-0.4, -0.2) is 66.0 Å². The van der Waals surface area contributed by atoms with Gasteiger partial charge in [0, 0.05) is 62.1 Å². The van der Waals surface area contributed by atoms with Gasteiger partial charge in [0.1, 0.15) is 0 Å². The van der Waals surface area contributed by atoms with E-state index in [9.17, 15) is 14.4 Å². The Bertz CT molecular complexity index is 770. The van der Waals surface area contributed by atoms with Crippen LogP contribution in [0.1, 0.15) is 38.5 Å². The molecule has 0 unspecified atom stereocenters. The van der Waals surface area contributed by atoms with E-state index in [1.54, 1.807) is 11.8 Å². The Labute approximate surface area is 176 Å². The fraction of sp³-hybridized carbons (Fsp3) is 0.591. The molecule has 1 aromatic carbocycles. The summed E-state index contributed by atoms with van der Waals surface area (Å²) in [5, 5.41) is 0. The molecule has 29 heavy (non-hydrogen) atoms. The molecule has 156 valence electrons. The van der Waals surface area contributed by atoms with Crippen LogP contribution in [-0.2, 0) is 14.4 Å². The summed E-state index contributed by atoms with van der Waals surface area (Å²) in [5.41, 5.74) is 0.961. The minimum atomic E-state index is 0.0187. The fourth-order valence-electron chi connectivity index (χ4n) is 4.51. The molecule has 4 rings (SSSR count). The van der Waals surface area contributed by atoms with Gasteiger partial charge in [0.25, 0.3) is 0 Å². The number of carbonyl (C=O) groups is 3. The molecule has 0 aliphatic carbocycles. The van der Waals surface area contributed by atoms with Crippen LogP contribution in [0.3, 0.4) is 0 Å². The maximum absolute atomic E-state index is 12.7. The number of rotatable bonds is 4. The number of likely N-dealkylation sites (tertiary alicyclic amines) is 2. The van der Waals surface area contributed by atoms with E-state index >= 15 is 0 Å². The van der Waals surface area contributed by atoms with Crippen molar-refractivity contribution in [3.05, 3.63) is 24.3 Å². The van der Waals surface area contributed by atoms with E-state index in [2.05, 4.69) is 0 Å². The largest absolute Gasteiger partial charge is 0.343 e. The Balaban J connectivity index is 1.24. The van der Waals surface area contributed by atoms with E-state index in [4.69, 9.17) is 0 Å². The SMILES string of the molecule is O=C(CCC(=O)N1CCSc2ccccc21)N1CCC(C(=O)N2CCCC2)CC1. The molecule has 3 aliphatic heterocycles. The zero-order chi connectivity index (χ0) is 20.2. The van der Waals surface area contributed by atoms with Gasteiger partial charge in [-0.2, -0.15) is 0 Å². The van der Waals surface area contributed by atoms with Crippen LogP contribution in [0.5, 0.6) is 0 Å². The molecule has 0 spiro atoms. The number of amides is 3. The fourth-order valence-corrected chi connectivity index (χ4v) is 5.50. The second-order valence-electron chi connectivity index (χ2n) is 8.05. The molecule has 2 fully saturated rings. The average molecular weight is 416 g/mol. The Morgan fingerprint density at radius 1 is 0.862 bits per heavy atom. The molecule has 3 heterocycles. The molecule has 6 nitrogen and oxygen atoms in total. The minimum Gasteiger partial charge on any atom is -0.343 e. The lowest BCUT2D eigenvalue weighted by atomic mass is 9.95. The van der Waals surface area contributed by atoms with Gasteiger partial charge < -0.3 is 14.7 Å². The number of piperidine rings is 1. The van der Waals surface area contributed by atoms with E-state index in [-0.39, 0.29) is 36.5 Å². The van der Waals surface area contributed by atoms with E-state index in [0.717, 1.165) is 55.1 Å². The molecule has 3 amide bonds. The number of para-hydroxylation sites is 1. The second-order valence-corrected chi connectivity index (χ2v) is 9.19. The molecule has 0 atom stereocenters. The van der Waals surface area contributed by atoms with E-state index in [1.807, 2.05) is 39.0 Å². The summed E-state index contributed by atoms with van der Waals surface area (Å²) in [5.74, 6) is 1.26. The van der Waals surface area contributed by atoms with E-state index in [1.165, 1.54) is 0 Å². The quantitative estimate of drug-likeness (QED) is 0.759. The topological polar surface area (TPSA) is 60.9 Å². The monoisotopic (exact) mass is 415 g/mol. The van der Waals surface area contributed by atoms with Gasteiger partial charge in [-0.25, -0.2) is 0 Å².